The van der Waals surface area contributed by atoms with Gasteiger partial charge in [-0.2, -0.15) is 10.4 Å². The first-order chi connectivity index (χ1) is 18.0. The number of hydrazone groups is 1. The third kappa shape index (κ3) is 6.86. The Labute approximate surface area is 227 Å². The van der Waals surface area contributed by atoms with E-state index in [0.29, 0.717) is 65.8 Å². The lowest BCUT2D eigenvalue weighted by molar-refractivity contribution is 0.0207. The van der Waals surface area contributed by atoms with Crippen molar-refractivity contribution in [1.82, 2.24) is 14.3 Å². The van der Waals surface area contributed by atoms with Crippen LogP contribution in [0.4, 0.5) is 4.79 Å². The molecule has 3 heterocycles. The van der Waals surface area contributed by atoms with Crippen molar-refractivity contribution in [3.63, 3.8) is 0 Å². The Hall–Kier alpha value is -3.98. The Balaban J connectivity index is 1.86. The van der Waals surface area contributed by atoms with Gasteiger partial charge in [-0.25, -0.2) is 9.78 Å². The zero-order valence-corrected chi connectivity index (χ0v) is 23.2. The van der Waals surface area contributed by atoms with E-state index < -0.39 is 11.7 Å². The monoisotopic (exact) mass is 538 g/mol. The Bertz CT molecular complexity index is 1320. The molecule has 0 saturated carbocycles. The number of ether oxygens (including phenoxy) is 2. The molecule has 4 N–H and O–H groups in total. The number of hydrogen-bond donors (Lipinski definition) is 2. The number of rotatable bonds is 7. The van der Waals surface area contributed by atoms with E-state index in [-0.39, 0.29) is 12.1 Å². The van der Waals surface area contributed by atoms with Crippen molar-refractivity contribution < 1.29 is 14.3 Å². The van der Waals surface area contributed by atoms with Gasteiger partial charge in [0.05, 0.1) is 18.0 Å². The second-order valence-corrected chi connectivity index (χ2v) is 10.3. The Morgan fingerprint density at radius 1 is 1.34 bits per heavy atom. The maximum absolute atomic E-state index is 12.4. The standard InChI is InChI=1S/C26H34N8O3S/c1-16(31-19-6-9-33(10-7-19)25(35)37-26(3,4)5)24(32-29)18-12-22-30-15-20(14-27)34(22)23(13-18)36-17(2)21(28)8-11-38/h8,11-13,15,17,19H,6-7,9-10,28-29H2,1-5H3/b21-8-,31-16?,32-24+. The van der Waals surface area contributed by atoms with E-state index in [1.165, 1.54) is 11.6 Å². The number of thiocarbonyl (C=S) groups is 1. The molecular formula is C26H34N8O3S. The van der Waals surface area contributed by atoms with Crippen LogP contribution in [-0.2, 0) is 4.74 Å². The number of nitrogens with zero attached hydrogens (tertiary/aromatic N) is 6. The number of amides is 1. The second-order valence-electron chi connectivity index (χ2n) is 9.98. The normalized spacial score (nSPS) is 16.7. The van der Waals surface area contributed by atoms with Crippen molar-refractivity contribution in [1.29, 1.82) is 5.26 Å². The number of carbonyl (C=O) groups is 1. The highest BCUT2D eigenvalue weighted by Crippen LogP contribution is 2.24. The zero-order valence-electron chi connectivity index (χ0n) is 22.3. The average Bonchev–Trinajstić information content (AvgIpc) is 3.27. The van der Waals surface area contributed by atoms with Crippen molar-refractivity contribution in [2.45, 2.75) is 65.2 Å². The van der Waals surface area contributed by atoms with Crippen molar-refractivity contribution in [2.24, 2.45) is 21.7 Å². The number of fused-ring (bicyclic) bond motifs is 1. The fourth-order valence-corrected chi connectivity index (χ4v) is 4.22. The largest absolute Gasteiger partial charge is 0.469 e. The Kier molecular flexibility index (Phi) is 9.06. The molecule has 3 rings (SSSR count). The number of aromatic nitrogens is 2. The van der Waals surface area contributed by atoms with Crippen LogP contribution in [0.1, 0.15) is 58.7 Å². The maximum atomic E-state index is 12.4. The number of piperidine rings is 1. The molecule has 1 atom stereocenters. The molecule has 1 fully saturated rings. The third-order valence-electron chi connectivity index (χ3n) is 5.95. The van der Waals surface area contributed by atoms with Crippen LogP contribution < -0.4 is 16.3 Å². The number of imidazole rings is 1. The molecule has 0 radical (unpaired) electrons. The van der Waals surface area contributed by atoms with E-state index >= 15 is 0 Å². The van der Waals surface area contributed by atoms with Gasteiger partial charge >= 0.3 is 6.09 Å². The molecule has 2 aromatic heterocycles. The number of allylic oxidation sites excluding steroid dienone is 1. The topological polar surface area (TPSA) is 157 Å². The molecule has 38 heavy (non-hydrogen) atoms. The molecule has 1 aliphatic heterocycles. The summed E-state index contributed by atoms with van der Waals surface area (Å²) in [6.07, 6.45) is 3.59. The molecule has 11 nitrogen and oxygen atoms in total. The number of carbonyl (C=O) groups excluding carboxylic acids is 1. The molecule has 2 aromatic rings. The Morgan fingerprint density at radius 2 is 2.03 bits per heavy atom. The lowest BCUT2D eigenvalue weighted by atomic mass is 10.0. The van der Waals surface area contributed by atoms with E-state index in [9.17, 15) is 10.1 Å². The molecule has 0 bridgehead atoms. The smallest absolute Gasteiger partial charge is 0.410 e. The third-order valence-corrected chi connectivity index (χ3v) is 6.09. The van der Waals surface area contributed by atoms with Gasteiger partial charge in [-0.05, 0) is 59.6 Å². The molecule has 0 spiro atoms. The highest BCUT2D eigenvalue weighted by atomic mass is 32.1. The zero-order chi connectivity index (χ0) is 28.0. The maximum Gasteiger partial charge on any atom is 0.410 e. The summed E-state index contributed by atoms with van der Waals surface area (Å²) in [7, 11) is 0. The van der Waals surface area contributed by atoms with Gasteiger partial charge in [0.1, 0.15) is 34.8 Å². The number of nitrogens with two attached hydrogens (primary N) is 2. The first-order valence-electron chi connectivity index (χ1n) is 12.3. The van der Waals surface area contributed by atoms with Crippen LogP contribution in [-0.4, -0.2) is 68.0 Å². The fraction of sp³-hybridized carbons (Fsp3) is 0.462. The van der Waals surface area contributed by atoms with Crippen molar-refractivity contribution in [3.05, 3.63) is 41.4 Å². The minimum absolute atomic E-state index is 0.00102. The van der Waals surface area contributed by atoms with Gasteiger partial charge in [-0.15, -0.1) is 0 Å². The summed E-state index contributed by atoms with van der Waals surface area (Å²) < 4.78 is 13.2. The summed E-state index contributed by atoms with van der Waals surface area (Å²) in [6.45, 7) is 10.3. The van der Waals surface area contributed by atoms with Crippen LogP contribution >= 0.6 is 12.2 Å². The first-order valence-corrected chi connectivity index (χ1v) is 12.7. The minimum Gasteiger partial charge on any atom is -0.469 e. The van der Waals surface area contributed by atoms with Crippen LogP contribution in [0.25, 0.3) is 5.65 Å². The summed E-state index contributed by atoms with van der Waals surface area (Å²) >= 11 is 4.86. The van der Waals surface area contributed by atoms with E-state index in [1.807, 2.05) is 27.7 Å². The summed E-state index contributed by atoms with van der Waals surface area (Å²) in [4.78, 5) is 23.3. The molecular weight excluding hydrogens is 504 g/mol. The molecule has 1 unspecified atom stereocenters. The molecule has 202 valence electrons. The predicted octanol–water partition coefficient (Wildman–Crippen LogP) is 3.34. The lowest BCUT2D eigenvalue weighted by Gasteiger charge is -2.32. The number of hydrogen-bond acceptors (Lipinski definition) is 10. The minimum atomic E-state index is -0.536. The first kappa shape index (κ1) is 28.6. The summed E-state index contributed by atoms with van der Waals surface area (Å²) in [6, 6.07) is 5.62. The van der Waals surface area contributed by atoms with Crippen molar-refractivity contribution >= 4 is 40.7 Å². The predicted molar refractivity (Wildman–Crippen MR) is 151 cm³/mol. The van der Waals surface area contributed by atoms with E-state index in [0.717, 1.165) is 0 Å². The summed E-state index contributed by atoms with van der Waals surface area (Å²) in [5.41, 5.74) is 8.46. The number of pyridine rings is 1. The van der Waals surface area contributed by atoms with Gasteiger partial charge in [0, 0.05) is 35.8 Å². The number of nitriles is 1. The van der Waals surface area contributed by atoms with Gasteiger partial charge < -0.3 is 25.9 Å². The fourth-order valence-electron chi connectivity index (χ4n) is 4.06. The highest BCUT2D eigenvalue weighted by Gasteiger charge is 2.27. The van der Waals surface area contributed by atoms with Gasteiger partial charge in [0.15, 0.2) is 0 Å². The molecule has 1 amide bonds. The van der Waals surface area contributed by atoms with Gasteiger partial charge in [0.2, 0.25) is 5.88 Å². The average molecular weight is 539 g/mol. The Morgan fingerprint density at radius 3 is 2.61 bits per heavy atom. The van der Waals surface area contributed by atoms with Gasteiger partial charge in [-0.3, -0.25) is 9.39 Å². The van der Waals surface area contributed by atoms with Crippen LogP contribution in [0.2, 0.25) is 0 Å². The number of likely N-dealkylation sites (tertiary alicyclic amines) is 1. The quantitative estimate of drug-likeness (QED) is 0.179. The second kappa shape index (κ2) is 12.0. The summed E-state index contributed by atoms with van der Waals surface area (Å²) in [5.74, 6) is 6.17. The highest BCUT2D eigenvalue weighted by molar-refractivity contribution is 7.79. The van der Waals surface area contributed by atoms with Gasteiger partial charge in [-0.1, -0.05) is 12.2 Å². The molecule has 1 aliphatic rings. The molecule has 0 aliphatic carbocycles. The lowest BCUT2D eigenvalue weighted by Crippen LogP contribution is -2.42. The molecule has 12 heteroatoms. The SMILES string of the molecule is CC(=NC1CCN(C(=O)OC(C)(C)C)CC1)/C(=N\N)c1cc(OC(C)/C(N)=C/C=S)n2c(C#N)cnc2c1. The number of aliphatic imine (C=N–C) groups is 1. The van der Waals surface area contributed by atoms with Crippen molar-refractivity contribution in [2.75, 3.05) is 13.1 Å². The molecule has 0 aromatic carbocycles. The van der Waals surface area contributed by atoms with Crippen LogP contribution in [0.15, 0.2) is 40.2 Å². The molecule has 1 saturated heterocycles. The van der Waals surface area contributed by atoms with E-state index in [1.54, 1.807) is 34.4 Å². The van der Waals surface area contributed by atoms with Crippen LogP contribution in [0.5, 0.6) is 5.88 Å². The van der Waals surface area contributed by atoms with E-state index in [4.69, 9.17) is 38.3 Å². The summed E-state index contributed by atoms with van der Waals surface area (Å²) in [5, 5.41) is 15.0. The van der Waals surface area contributed by atoms with Crippen LogP contribution in [0, 0.1) is 11.3 Å². The van der Waals surface area contributed by atoms with Gasteiger partial charge in [0.25, 0.3) is 0 Å². The van der Waals surface area contributed by atoms with Crippen LogP contribution in [0.3, 0.4) is 0 Å². The van der Waals surface area contributed by atoms with E-state index in [2.05, 4.69) is 16.2 Å². The van der Waals surface area contributed by atoms with Crippen molar-refractivity contribution in [3.8, 4) is 11.9 Å².